The van der Waals surface area contributed by atoms with Crippen LogP contribution in [0.2, 0.25) is 5.02 Å². The molecular formula is C12H13ClFN3O2S. The van der Waals surface area contributed by atoms with Crippen molar-refractivity contribution in [3.8, 4) is 0 Å². The lowest BCUT2D eigenvalue weighted by Crippen LogP contribution is -2.11. The van der Waals surface area contributed by atoms with Crippen molar-refractivity contribution < 1.29 is 12.8 Å². The lowest BCUT2D eigenvalue weighted by atomic mass is 10.3. The highest BCUT2D eigenvalue weighted by atomic mass is 35.5. The predicted molar refractivity (Wildman–Crippen MR) is 74.7 cm³/mol. The first-order valence-electron chi connectivity index (χ1n) is 5.68. The van der Waals surface area contributed by atoms with E-state index in [0.29, 0.717) is 16.4 Å². The number of aryl methyl sites for hydroxylation is 2. The third kappa shape index (κ3) is 2.64. The van der Waals surface area contributed by atoms with Gasteiger partial charge >= 0.3 is 0 Å². The number of hydrogen-bond acceptors (Lipinski definition) is 4. The van der Waals surface area contributed by atoms with Gasteiger partial charge in [0, 0.05) is 7.05 Å². The van der Waals surface area contributed by atoms with Crippen molar-refractivity contribution in [2.75, 3.05) is 5.73 Å². The summed E-state index contributed by atoms with van der Waals surface area (Å²) >= 11 is 6.03. The molecule has 2 aromatic rings. The SMILES string of the molecule is Cc1nn(C)c(CS(=O)(=O)c2ccc(F)cc2N)c1Cl. The Kier molecular flexibility index (Phi) is 3.75. The Morgan fingerprint density at radius 3 is 2.60 bits per heavy atom. The normalized spacial score (nSPS) is 11.8. The standard InChI is InChI=1S/C12H13ClFN3O2S/c1-7-12(13)10(17(2)16-7)6-20(18,19)11-4-3-8(14)5-9(11)15/h3-5H,6,15H2,1-2H3. The van der Waals surface area contributed by atoms with Gasteiger partial charge in [0.1, 0.15) is 5.82 Å². The van der Waals surface area contributed by atoms with Gasteiger partial charge in [0.25, 0.3) is 0 Å². The van der Waals surface area contributed by atoms with E-state index in [1.165, 1.54) is 4.68 Å². The number of benzene rings is 1. The van der Waals surface area contributed by atoms with E-state index >= 15 is 0 Å². The van der Waals surface area contributed by atoms with Gasteiger partial charge in [0.15, 0.2) is 9.84 Å². The Hall–Kier alpha value is -1.60. The Morgan fingerprint density at radius 1 is 1.45 bits per heavy atom. The fraction of sp³-hybridized carbons (Fsp3) is 0.250. The molecule has 2 N–H and O–H groups in total. The molecule has 8 heteroatoms. The van der Waals surface area contributed by atoms with Gasteiger partial charge in [0.05, 0.1) is 32.7 Å². The summed E-state index contributed by atoms with van der Waals surface area (Å²) in [5, 5.41) is 4.36. The van der Waals surface area contributed by atoms with Crippen molar-refractivity contribution >= 4 is 27.1 Å². The maximum absolute atomic E-state index is 13.0. The number of hydrogen-bond donors (Lipinski definition) is 1. The summed E-state index contributed by atoms with van der Waals surface area (Å²) in [6, 6.07) is 3.18. The van der Waals surface area contributed by atoms with Crippen LogP contribution in [0.3, 0.4) is 0 Å². The van der Waals surface area contributed by atoms with Crippen LogP contribution in [0.15, 0.2) is 23.1 Å². The summed E-state index contributed by atoms with van der Waals surface area (Å²) in [5.41, 5.74) is 6.36. The number of aromatic nitrogens is 2. The minimum absolute atomic E-state index is 0.117. The fourth-order valence-electron chi connectivity index (χ4n) is 1.90. The molecule has 0 aliphatic carbocycles. The summed E-state index contributed by atoms with van der Waals surface area (Å²) in [6.07, 6.45) is 0. The number of sulfone groups is 1. The summed E-state index contributed by atoms with van der Waals surface area (Å²) in [6.45, 7) is 1.69. The molecule has 0 spiro atoms. The number of rotatable bonds is 3. The molecule has 0 aliphatic heterocycles. The van der Waals surface area contributed by atoms with Crippen LogP contribution in [0.25, 0.3) is 0 Å². The Morgan fingerprint density at radius 2 is 2.10 bits per heavy atom. The van der Waals surface area contributed by atoms with E-state index in [1.54, 1.807) is 14.0 Å². The molecule has 0 radical (unpaired) electrons. The topological polar surface area (TPSA) is 78.0 Å². The first kappa shape index (κ1) is 14.8. The minimum atomic E-state index is -3.73. The summed E-state index contributed by atoms with van der Waals surface area (Å²) in [4.78, 5) is -0.117. The minimum Gasteiger partial charge on any atom is -0.398 e. The van der Waals surface area contributed by atoms with Gasteiger partial charge in [-0.2, -0.15) is 5.10 Å². The van der Waals surface area contributed by atoms with Crippen LogP contribution in [-0.4, -0.2) is 18.2 Å². The monoisotopic (exact) mass is 317 g/mol. The molecule has 1 aromatic carbocycles. The first-order chi connectivity index (χ1) is 9.22. The van der Waals surface area contributed by atoms with Gasteiger partial charge in [-0.05, 0) is 25.1 Å². The second kappa shape index (κ2) is 5.06. The Labute approximate surface area is 121 Å². The van der Waals surface area contributed by atoms with Crippen molar-refractivity contribution in [3.63, 3.8) is 0 Å². The highest BCUT2D eigenvalue weighted by Crippen LogP contribution is 2.27. The number of nitrogens with two attached hydrogens (primary N) is 1. The zero-order valence-electron chi connectivity index (χ0n) is 10.9. The lowest BCUT2D eigenvalue weighted by molar-refractivity contribution is 0.591. The van der Waals surface area contributed by atoms with Gasteiger partial charge in [-0.15, -0.1) is 0 Å². The van der Waals surface area contributed by atoms with Crippen LogP contribution in [0, 0.1) is 12.7 Å². The van der Waals surface area contributed by atoms with E-state index in [9.17, 15) is 12.8 Å². The number of nitrogen functional groups attached to an aromatic ring is 1. The van der Waals surface area contributed by atoms with Crippen LogP contribution in [-0.2, 0) is 22.6 Å². The fourth-order valence-corrected chi connectivity index (χ4v) is 3.74. The Balaban J connectivity index is 2.46. The first-order valence-corrected chi connectivity index (χ1v) is 7.71. The molecule has 1 aromatic heterocycles. The molecule has 0 amide bonds. The second-order valence-corrected chi connectivity index (χ2v) is 6.75. The highest BCUT2D eigenvalue weighted by molar-refractivity contribution is 7.90. The zero-order valence-corrected chi connectivity index (χ0v) is 12.5. The smallest absolute Gasteiger partial charge is 0.186 e. The van der Waals surface area contributed by atoms with Crippen molar-refractivity contribution in [2.45, 2.75) is 17.6 Å². The van der Waals surface area contributed by atoms with Gasteiger partial charge in [-0.1, -0.05) is 11.6 Å². The lowest BCUT2D eigenvalue weighted by Gasteiger charge is -2.08. The molecule has 0 fully saturated rings. The summed E-state index contributed by atoms with van der Waals surface area (Å²) in [7, 11) is -2.12. The predicted octanol–water partition coefficient (Wildman–Crippen LogP) is 2.08. The molecule has 0 saturated carbocycles. The van der Waals surface area contributed by atoms with Gasteiger partial charge in [0.2, 0.25) is 0 Å². The van der Waals surface area contributed by atoms with E-state index in [-0.39, 0.29) is 16.3 Å². The molecule has 0 bridgehead atoms. The second-order valence-electron chi connectivity index (χ2n) is 4.41. The summed E-state index contributed by atoms with van der Waals surface area (Å²) < 4.78 is 39.1. The molecular weight excluding hydrogens is 305 g/mol. The molecule has 1 heterocycles. The molecule has 0 atom stereocenters. The maximum Gasteiger partial charge on any atom is 0.186 e. The molecule has 2 rings (SSSR count). The highest BCUT2D eigenvalue weighted by Gasteiger charge is 2.23. The van der Waals surface area contributed by atoms with Crippen molar-refractivity contribution in [1.29, 1.82) is 0 Å². The molecule has 0 saturated heterocycles. The Bertz CT molecular complexity index is 771. The van der Waals surface area contributed by atoms with Crippen molar-refractivity contribution in [2.24, 2.45) is 7.05 Å². The largest absolute Gasteiger partial charge is 0.398 e. The van der Waals surface area contributed by atoms with E-state index in [2.05, 4.69) is 5.10 Å². The third-order valence-corrected chi connectivity index (χ3v) is 5.08. The van der Waals surface area contributed by atoms with Gasteiger partial charge in [-0.3, -0.25) is 4.68 Å². The van der Waals surface area contributed by atoms with Crippen LogP contribution in [0.5, 0.6) is 0 Å². The van der Waals surface area contributed by atoms with E-state index in [4.69, 9.17) is 17.3 Å². The van der Waals surface area contributed by atoms with Crippen LogP contribution < -0.4 is 5.73 Å². The molecule has 0 unspecified atom stereocenters. The zero-order chi connectivity index (χ0) is 15.1. The van der Waals surface area contributed by atoms with Crippen molar-refractivity contribution in [3.05, 3.63) is 40.4 Å². The average molecular weight is 318 g/mol. The van der Waals surface area contributed by atoms with Crippen molar-refractivity contribution in [1.82, 2.24) is 9.78 Å². The molecule has 20 heavy (non-hydrogen) atoms. The molecule has 108 valence electrons. The van der Waals surface area contributed by atoms with Gasteiger partial charge in [-0.25, -0.2) is 12.8 Å². The van der Waals surface area contributed by atoms with Crippen LogP contribution in [0.1, 0.15) is 11.4 Å². The summed E-state index contributed by atoms with van der Waals surface area (Å²) in [5.74, 6) is -0.935. The molecule has 0 aliphatic rings. The van der Waals surface area contributed by atoms with Crippen LogP contribution >= 0.6 is 11.6 Å². The number of anilines is 1. The number of nitrogens with zero attached hydrogens (tertiary/aromatic N) is 2. The quantitative estimate of drug-likeness (QED) is 0.694. The van der Waals surface area contributed by atoms with Gasteiger partial charge < -0.3 is 5.73 Å². The number of halogens is 2. The maximum atomic E-state index is 13.0. The molecule has 5 nitrogen and oxygen atoms in total. The third-order valence-electron chi connectivity index (χ3n) is 2.90. The van der Waals surface area contributed by atoms with Crippen LogP contribution in [0.4, 0.5) is 10.1 Å². The average Bonchev–Trinajstić information content (AvgIpc) is 2.55. The van der Waals surface area contributed by atoms with E-state index in [1.807, 2.05) is 0 Å². The van der Waals surface area contributed by atoms with E-state index < -0.39 is 15.7 Å². The van der Waals surface area contributed by atoms with E-state index in [0.717, 1.165) is 18.2 Å².